The fraction of sp³-hybridized carbons (Fsp3) is 0.0476. The topological polar surface area (TPSA) is 60.5 Å². The number of carbonyl (C=O) groups excluding carboxylic acids is 1. The number of hydrogen-bond acceptors (Lipinski definition) is 4. The van der Waals surface area contributed by atoms with Crippen molar-refractivity contribution in [2.24, 2.45) is 0 Å². The first-order valence-electron chi connectivity index (χ1n) is 8.14. The Bertz CT molecular complexity index is 959. The van der Waals surface area contributed by atoms with Gasteiger partial charge in [0, 0.05) is 24.0 Å². The number of nitrogens with zero attached hydrogens (tertiary/aromatic N) is 1. The van der Waals surface area contributed by atoms with E-state index in [-0.39, 0.29) is 11.7 Å². The monoisotopic (exact) mass is 364 g/mol. The van der Waals surface area contributed by atoms with E-state index < -0.39 is 5.82 Å². The van der Waals surface area contributed by atoms with E-state index in [9.17, 15) is 9.18 Å². The van der Waals surface area contributed by atoms with Crippen LogP contribution in [-0.2, 0) is 4.79 Å². The summed E-state index contributed by atoms with van der Waals surface area (Å²) < 4.78 is 24.7. The summed E-state index contributed by atoms with van der Waals surface area (Å²) >= 11 is 0. The third-order valence-electron chi connectivity index (χ3n) is 3.58. The minimum Gasteiger partial charge on any atom is -0.497 e. The Morgan fingerprint density at radius 3 is 2.70 bits per heavy atom. The molecule has 3 aromatic rings. The zero-order valence-electron chi connectivity index (χ0n) is 14.6. The molecule has 1 heterocycles. The molecule has 1 N–H and O–H groups in total. The number of rotatable bonds is 6. The molecule has 0 unspecified atom stereocenters. The second-order valence-corrected chi connectivity index (χ2v) is 5.54. The predicted octanol–water partition coefficient (Wildman–Crippen LogP) is 4.67. The first-order chi connectivity index (χ1) is 13.1. The smallest absolute Gasteiger partial charge is 0.248 e. The molecule has 0 aliphatic rings. The number of anilines is 1. The number of nitrogens with one attached hydrogen (secondary N) is 1. The molecule has 0 radical (unpaired) electrons. The quantitative estimate of drug-likeness (QED) is 0.646. The van der Waals surface area contributed by atoms with Crippen LogP contribution in [0.2, 0.25) is 0 Å². The molecule has 3 rings (SSSR count). The minimum atomic E-state index is -0.533. The van der Waals surface area contributed by atoms with Crippen LogP contribution in [0.5, 0.6) is 17.2 Å². The maximum atomic E-state index is 14.2. The van der Waals surface area contributed by atoms with Crippen molar-refractivity contribution in [2.75, 3.05) is 12.4 Å². The van der Waals surface area contributed by atoms with Crippen molar-refractivity contribution in [3.63, 3.8) is 0 Å². The Hall–Kier alpha value is -3.67. The lowest BCUT2D eigenvalue weighted by Crippen LogP contribution is -2.07. The molecule has 0 aliphatic heterocycles. The molecule has 27 heavy (non-hydrogen) atoms. The summed E-state index contributed by atoms with van der Waals surface area (Å²) in [5.41, 5.74) is 1.14. The number of methoxy groups -OCH3 is 1. The van der Waals surface area contributed by atoms with Crippen LogP contribution in [-0.4, -0.2) is 18.0 Å². The van der Waals surface area contributed by atoms with Crippen LogP contribution in [0, 0.1) is 5.82 Å². The Morgan fingerprint density at radius 1 is 1.11 bits per heavy atom. The van der Waals surface area contributed by atoms with Crippen LogP contribution in [0.3, 0.4) is 0 Å². The largest absolute Gasteiger partial charge is 0.497 e. The molecule has 0 atom stereocenters. The van der Waals surface area contributed by atoms with Gasteiger partial charge in [0.05, 0.1) is 13.3 Å². The summed E-state index contributed by atoms with van der Waals surface area (Å²) in [4.78, 5) is 15.9. The second-order valence-electron chi connectivity index (χ2n) is 5.54. The van der Waals surface area contributed by atoms with Crippen LogP contribution in [0.1, 0.15) is 5.56 Å². The van der Waals surface area contributed by atoms with Gasteiger partial charge in [0.1, 0.15) is 11.5 Å². The van der Waals surface area contributed by atoms with Gasteiger partial charge in [0.25, 0.3) is 0 Å². The molecule has 136 valence electrons. The molecule has 1 amide bonds. The van der Waals surface area contributed by atoms with E-state index in [1.165, 1.54) is 30.5 Å². The molecule has 0 aliphatic carbocycles. The van der Waals surface area contributed by atoms with E-state index in [0.29, 0.717) is 22.7 Å². The summed E-state index contributed by atoms with van der Waals surface area (Å²) in [6.07, 6.45) is 5.95. The SMILES string of the molecule is COc1cccc(NC(=O)/C=C/c2ccc(Oc3cccnc3)c(F)c2)c1. The van der Waals surface area contributed by atoms with Crippen LogP contribution >= 0.6 is 0 Å². The molecular weight excluding hydrogens is 347 g/mol. The van der Waals surface area contributed by atoms with E-state index >= 15 is 0 Å². The average Bonchev–Trinajstić information content (AvgIpc) is 2.69. The highest BCUT2D eigenvalue weighted by atomic mass is 19.1. The average molecular weight is 364 g/mol. The lowest BCUT2D eigenvalue weighted by molar-refractivity contribution is -0.111. The number of carbonyl (C=O) groups is 1. The maximum absolute atomic E-state index is 14.2. The molecule has 0 saturated heterocycles. The Kier molecular flexibility index (Phi) is 5.79. The number of pyridine rings is 1. The Morgan fingerprint density at radius 2 is 1.96 bits per heavy atom. The van der Waals surface area contributed by atoms with E-state index in [4.69, 9.17) is 9.47 Å². The van der Waals surface area contributed by atoms with E-state index in [2.05, 4.69) is 10.3 Å². The maximum Gasteiger partial charge on any atom is 0.248 e. The van der Waals surface area contributed by atoms with Gasteiger partial charge in [-0.25, -0.2) is 4.39 Å². The van der Waals surface area contributed by atoms with Gasteiger partial charge in [-0.05, 0) is 48.0 Å². The zero-order chi connectivity index (χ0) is 19.1. The van der Waals surface area contributed by atoms with Crippen molar-refractivity contribution >= 4 is 17.7 Å². The van der Waals surface area contributed by atoms with Crippen molar-refractivity contribution in [1.82, 2.24) is 4.98 Å². The van der Waals surface area contributed by atoms with Crippen LogP contribution in [0.4, 0.5) is 10.1 Å². The highest BCUT2D eigenvalue weighted by Crippen LogP contribution is 2.25. The summed E-state index contributed by atoms with van der Waals surface area (Å²) in [6.45, 7) is 0. The lowest BCUT2D eigenvalue weighted by atomic mass is 10.2. The summed E-state index contributed by atoms with van der Waals surface area (Å²) in [5.74, 6) is 0.301. The van der Waals surface area contributed by atoms with E-state index in [1.807, 2.05) is 0 Å². The molecule has 0 saturated carbocycles. The van der Waals surface area contributed by atoms with Crippen LogP contribution in [0.15, 0.2) is 73.1 Å². The third-order valence-corrected chi connectivity index (χ3v) is 3.58. The van der Waals surface area contributed by atoms with Gasteiger partial charge < -0.3 is 14.8 Å². The fourth-order valence-electron chi connectivity index (χ4n) is 2.29. The molecule has 0 fully saturated rings. The summed E-state index contributed by atoms with van der Waals surface area (Å²) in [7, 11) is 1.55. The van der Waals surface area contributed by atoms with Crippen molar-refractivity contribution in [3.8, 4) is 17.2 Å². The summed E-state index contributed by atoms with van der Waals surface area (Å²) in [6, 6.07) is 14.8. The van der Waals surface area contributed by atoms with Gasteiger partial charge in [0.2, 0.25) is 5.91 Å². The van der Waals surface area contributed by atoms with Gasteiger partial charge in [-0.3, -0.25) is 9.78 Å². The Labute approximate surface area is 156 Å². The number of amides is 1. The number of ether oxygens (including phenoxy) is 2. The zero-order valence-corrected chi connectivity index (χ0v) is 14.6. The molecule has 5 nitrogen and oxygen atoms in total. The standard InChI is InChI=1S/C21H17FN2O3/c1-26-17-5-2-4-16(13-17)24-21(25)10-8-15-7-9-20(19(22)12-15)27-18-6-3-11-23-14-18/h2-14H,1H3,(H,24,25)/b10-8+. The number of benzene rings is 2. The molecule has 0 spiro atoms. The van der Waals surface area contributed by atoms with Crippen molar-refractivity contribution in [3.05, 3.63) is 84.4 Å². The first-order valence-corrected chi connectivity index (χ1v) is 8.14. The van der Waals surface area contributed by atoms with Crippen molar-refractivity contribution in [1.29, 1.82) is 0 Å². The van der Waals surface area contributed by atoms with Crippen LogP contribution < -0.4 is 14.8 Å². The lowest BCUT2D eigenvalue weighted by Gasteiger charge is -2.07. The van der Waals surface area contributed by atoms with Gasteiger partial charge in [-0.1, -0.05) is 12.1 Å². The van der Waals surface area contributed by atoms with Crippen molar-refractivity contribution < 1.29 is 18.7 Å². The van der Waals surface area contributed by atoms with Crippen molar-refractivity contribution in [2.45, 2.75) is 0 Å². The molecular formula is C21H17FN2O3. The predicted molar refractivity (Wildman–Crippen MR) is 101 cm³/mol. The molecule has 1 aromatic heterocycles. The Balaban J connectivity index is 1.64. The fourth-order valence-corrected chi connectivity index (χ4v) is 2.29. The second kappa shape index (κ2) is 8.62. The van der Waals surface area contributed by atoms with E-state index in [0.717, 1.165) is 0 Å². The normalized spacial score (nSPS) is 10.6. The van der Waals surface area contributed by atoms with E-state index in [1.54, 1.807) is 55.8 Å². The highest BCUT2D eigenvalue weighted by Gasteiger charge is 2.06. The number of hydrogen-bond donors (Lipinski definition) is 1. The summed E-state index contributed by atoms with van der Waals surface area (Å²) in [5, 5.41) is 2.71. The van der Waals surface area contributed by atoms with Gasteiger partial charge in [-0.15, -0.1) is 0 Å². The van der Waals surface area contributed by atoms with Gasteiger partial charge in [-0.2, -0.15) is 0 Å². The molecule has 2 aromatic carbocycles. The molecule has 6 heteroatoms. The third kappa shape index (κ3) is 5.15. The number of halogens is 1. The van der Waals surface area contributed by atoms with Crippen LogP contribution in [0.25, 0.3) is 6.08 Å². The van der Waals surface area contributed by atoms with Gasteiger partial charge in [0.15, 0.2) is 11.6 Å². The van der Waals surface area contributed by atoms with Gasteiger partial charge >= 0.3 is 0 Å². The first kappa shape index (κ1) is 18.1. The highest BCUT2D eigenvalue weighted by molar-refractivity contribution is 6.02. The molecule has 0 bridgehead atoms. The minimum absolute atomic E-state index is 0.0842. The number of aromatic nitrogens is 1.